The summed E-state index contributed by atoms with van der Waals surface area (Å²) in [5, 5.41) is 0. The van der Waals surface area contributed by atoms with Crippen LogP contribution in [0.15, 0.2) is 18.2 Å². The Bertz CT molecular complexity index is 490. The van der Waals surface area contributed by atoms with Crippen molar-refractivity contribution < 1.29 is 9.53 Å². The van der Waals surface area contributed by atoms with E-state index in [2.05, 4.69) is 4.90 Å². The Morgan fingerprint density at radius 2 is 2.10 bits per heavy atom. The number of amides is 1. The molecule has 0 atom stereocenters. The number of hydrogen-bond acceptors (Lipinski definition) is 4. The van der Waals surface area contributed by atoms with Crippen molar-refractivity contribution in [1.82, 2.24) is 9.80 Å². The van der Waals surface area contributed by atoms with Gasteiger partial charge in [0.05, 0.1) is 6.61 Å². The van der Waals surface area contributed by atoms with Gasteiger partial charge in [0.15, 0.2) is 0 Å². The SMILES string of the molecule is COCCN1CCCN(C(=O)c2ccc(N)c(C)c2)CC1. The van der Waals surface area contributed by atoms with Crippen LogP contribution in [-0.2, 0) is 4.74 Å². The highest BCUT2D eigenvalue weighted by molar-refractivity contribution is 5.94. The number of benzene rings is 1. The molecule has 2 N–H and O–H groups in total. The number of anilines is 1. The van der Waals surface area contributed by atoms with E-state index >= 15 is 0 Å². The van der Waals surface area contributed by atoms with Crippen LogP contribution in [0.25, 0.3) is 0 Å². The molecule has 0 saturated carbocycles. The molecule has 5 nitrogen and oxygen atoms in total. The minimum atomic E-state index is 0.103. The number of carbonyl (C=O) groups is 1. The van der Waals surface area contributed by atoms with Crippen LogP contribution < -0.4 is 5.73 Å². The van der Waals surface area contributed by atoms with Crippen molar-refractivity contribution >= 4 is 11.6 Å². The van der Waals surface area contributed by atoms with Gasteiger partial charge in [0.1, 0.15) is 0 Å². The second kappa shape index (κ2) is 7.43. The number of rotatable bonds is 4. The molecule has 116 valence electrons. The van der Waals surface area contributed by atoms with Gasteiger partial charge in [0.2, 0.25) is 0 Å². The summed E-state index contributed by atoms with van der Waals surface area (Å²) in [6, 6.07) is 5.51. The molecule has 0 radical (unpaired) electrons. The molecule has 1 heterocycles. The number of ether oxygens (including phenoxy) is 1. The Labute approximate surface area is 126 Å². The molecule has 5 heteroatoms. The molecule has 2 rings (SSSR count). The molecular formula is C16H25N3O2. The van der Waals surface area contributed by atoms with E-state index in [1.165, 1.54) is 0 Å². The van der Waals surface area contributed by atoms with Crippen LogP contribution in [-0.4, -0.2) is 62.1 Å². The highest BCUT2D eigenvalue weighted by atomic mass is 16.5. The topological polar surface area (TPSA) is 58.8 Å². The number of methoxy groups -OCH3 is 1. The average molecular weight is 291 g/mol. The molecule has 21 heavy (non-hydrogen) atoms. The molecule has 0 aromatic heterocycles. The number of nitrogens with zero attached hydrogens (tertiary/aromatic N) is 2. The lowest BCUT2D eigenvalue weighted by atomic mass is 10.1. The van der Waals surface area contributed by atoms with Crippen molar-refractivity contribution in [3.63, 3.8) is 0 Å². The zero-order valence-corrected chi connectivity index (χ0v) is 13.0. The lowest BCUT2D eigenvalue weighted by Gasteiger charge is -2.22. The van der Waals surface area contributed by atoms with Gasteiger partial charge in [0, 0.05) is 44.5 Å². The van der Waals surface area contributed by atoms with Crippen molar-refractivity contribution in [3.8, 4) is 0 Å². The third-order valence-corrected chi connectivity index (χ3v) is 4.00. The Balaban J connectivity index is 1.98. The van der Waals surface area contributed by atoms with E-state index in [0.717, 1.165) is 62.6 Å². The highest BCUT2D eigenvalue weighted by Gasteiger charge is 2.20. The van der Waals surface area contributed by atoms with Crippen molar-refractivity contribution in [3.05, 3.63) is 29.3 Å². The fraction of sp³-hybridized carbons (Fsp3) is 0.562. The maximum atomic E-state index is 12.6. The Morgan fingerprint density at radius 1 is 1.29 bits per heavy atom. The summed E-state index contributed by atoms with van der Waals surface area (Å²) in [7, 11) is 1.72. The number of aryl methyl sites for hydroxylation is 1. The smallest absolute Gasteiger partial charge is 0.253 e. The zero-order valence-electron chi connectivity index (χ0n) is 13.0. The van der Waals surface area contributed by atoms with E-state index in [4.69, 9.17) is 10.5 Å². The van der Waals surface area contributed by atoms with Gasteiger partial charge in [-0.2, -0.15) is 0 Å². The first-order chi connectivity index (χ1) is 10.1. The van der Waals surface area contributed by atoms with E-state index in [9.17, 15) is 4.79 Å². The Morgan fingerprint density at radius 3 is 2.81 bits per heavy atom. The van der Waals surface area contributed by atoms with Crippen molar-refractivity contribution in [2.24, 2.45) is 0 Å². The molecule has 1 aliphatic rings. The summed E-state index contributed by atoms with van der Waals surface area (Å²) in [6.45, 7) is 7.11. The molecule has 1 aromatic rings. The van der Waals surface area contributed by atoms with E-state index < -0.39 is 0 Å². The van der Waals surface area contributed by atoms with Crippen LogP contribution >= 0.6 is 0 Å². The van der Waals surface area contributed by atoms with Crippen molar-refractivity contribution in [2.75, 3.05) is 52.2 Å². The molecule has 1 fully saturated rings. The van der Waals surface area contributed by atoms with E-state index in [-0.39, 0.29) is 5.91 Å². The van der Waals surface area contributed by atoms with Crippen molar-refractivity contribution in [1.29, 1.82) is 0 Å². The monoisotopic (exact) mass is 291 g/mol. The normalized spacial score (nSPS) is 16.8. The van der Waals surface area contributed by atoms with Crippen LogP contribution in [0.3, 0.4) is 0 Å². The summed E-state index contributed by atoms with van der Waals surface area (Å²) in [5.41, 5.74) is 8.23. The number of nitrogen functional groups attached to an aromatic ring is 1. The summed E-state index contributed by atoms with van der Waals surface area (Å²) in [4.78, 5) is 16.9. The zero-order chi connectivity index (χ0) is 15.2. The highest BCUT2D eigenvalue weighted by Crippen LogP contribution is 2.15. The minimum Gasteiger partial charge on any atom is -0.399 e. The minimum absolute atomic E-state index is 0.103. The van der Waals surface area contributed by atoms with Crippen LogP contribution in [0.2, 0.25) is 0 Å². The molecular weight excluding hydrogens is 266 g/mol. The molecule has 1 aromatic carbocycles. The molecule has 0 aliphatic carbocycles. The van der Waals surface area contributed by atoms with Crippen LogP contribution in [0, 0.1) is 6.92 Å². The first-order valence-corrected chi connectivity index (χ1v) is 7.48. The largest absolute Gasteiger partial charge is 0.399 e. The first-order valence-electron chi connectivity index (χ1n) is 7.48. The Hall–Kier alpha value is -1.59. The molecule has 0 unspecified atom stereocenters. The number of hydrogen-bond donors (Lipinski definition) is 1. The molecule has 1 amide bonds. The summed E-state index contributed by atoms with van der Waals surface area (Å²) < 4.78 is 5.12. The van der Waals surface area contributed by atoms with Gasteiger partial charge in [-0.1, -0.05) is 0 Å². The van der Waals surface area contributed by atoms with Gasteiger partial charge in [-0.25, -0.2) is 0 Å². The number of nitrogens with two attached hydrogens (primary N) is 1. The van der Waals surface area contributed by atoms with Crippen LogP contribution in [0.1, 0.15) is 22.3 Å². The third kappa shape index (κ3) is 4.19. The standard InChI is InChI=1S/C16H25N3O2/c1-13-12-14(4-5-15(13)17)16(20)19-7-3-6-18(8-9-19)10-11-21-2/h4-5,12H,3,6-11,17H2,1-2H3. The van der Waals surface area contributed by atoms with E-state index in [1.807, 2.05) is 30.0 Å². The number of carbonyl (C=O) groups excluding carboxylic acids is 1. The predicted octanol–water partition coefficient (Wildman–Crippen LogP) is 1.37. The summed E-state index contributed by atoms with van der Waals surface area (Å²) in [6.07, 6.45) is 1.00. The molecule has 0 spiro atoms. The maximum absolute atomic E-state index is 12.6. The van der Waals surface area contributed by atoms with Crippen LogP contribution in [0.4, 0.5) is 5.69 Å². The third-order valence-electron chi connectivity index (χ3n) is 4.00. The molecule has 1 aliphatic heterocycles. The lowest BCUT2D eigenvalue weighted by molar-refractivity contribution is 0.0759. The summed E-state index contributed by atoms with van der Waals surface area (Å²) in [5.74, 6) is 0.103. The second-order valence-electron chi connectivity index (χ2n) is 5.55. The van der Waals surface area contributed by atoms with Gasteiger partial charge in [-0.15, -0.1) is 0 Å². The van der Waals surface area contributed by atoms with Gasteiger partial charge in [0.25, 0.3) is 5.91 Å². The van der Waals surface area contributed by atoms with E-state index in [0.29, 0.717) is 0 Å². The van der Waals surface area contributed by atoms with E-state index in [1.54, 1.807) is 7.11 Å². The average Bonchev–Trinajstić information content (AvgIpc) is 2.73. The Kier molecular flexibility index (Phi) is 5.59. The van der Waals surface area contributed by atoms with Gasteiger partial charge in [-0.05, 0) is 43.7 Å². The fourth-order valence-electron chi connectivity index (χ4n) is 2.61. The second-order valence-corrected chi connectivity index (χ2v) is 5.55. The lowest BCUT2D eigenvalue weighted by Crippen LogP contribution is -2.36. The quantitative estimate of drug-likeness (QED) is 0.851. The van der Waals surface area contributed by atoms with Gasteiger partial charge < -0.3 is 15.4 Å². The van der Waals surface area contributed by atoms with Crippen molar-refractivity contribution in [2.45, 2.75) is 13.3 Å². The van der Waals surface area contributed by atoms with Gasteiger partial charge >= 0.3 is 0 Å². The fourth-order valence-corrected chi connectivity index (χ4v) is 2.61. The van der Waals surface area contributed by atoms with Gasteiger partial charge in [-0.3, -0.25) is 9.69 Å². The first kappa shape index (κ1) is 15.8. The van der Waals surface area contributed by atoms with Crippen LogP contribution in [0.5, 0.6) is 0 Å². The predicted molar refractivity (Wildman–Crippen MR) is 84.4 cm³/mol. The maximum Gasteiger partial charge on any atom is 0.253 e. The molecule has 1 saturated heterocycles. The molecule has 0 bridgehead atoms. The summed E-state index contributed by atoms with van der Waals surface area (Å²) >= 11 is 0.